The SMILES string of the molecule is COC(=O)CCC(=O)/C=C1\CCCN1. The number of carbonyl (C=O) groups is 2. The molecule has 1 rings (SSSR count). The first kappa shape index (κ1) is 10.8. The number of hydrogen-bond donors (Lipinski definition) is 1. The van der Waals surface area contributed by atoms with Gasteiger partial charge < -0.3 is 10.1 Å². The third-order valence-corrected chi connectivity index (χ3v) is 2.11. The molecule has 0 amide bonds. The molecule has 1 fully saturated rings. The first-order valence-electron chi connectivity index (χ1n) is 4.76. The van der Waals surface area contributed by atoms with Gasteiger partial charge in [0, 0.05) is 24.7 Å². The Kier molecular flexibility index (Phi) is 4.16. The molecule has 0 saturated carbocycles. The Hall–Kier alpha value is -1.32. The van der Waals surface area contributed by atoms with Crippen molar-refractivity contribution in [3.63, 3.8) is 0 Å². The van der Waals surface area contributed by atoms with Crippen LogP contribution in [0.1, 0.15) is 25.7 Å². The lowest BCUT2D eigenvalue weighted by atomic mass is 10.2. The molecule has 0 aromatic rings. The summed E-state index contributed by atoms with van der Waals surface area (Å²) in [5.41, 5.74) is 0.986. The number of allylic oxidation sites excluding steroid dienone is 2. The van der Waals surface area contributed by atoms with Gasteiger partial charge in [-0.15, -0.1) is 0 Å². The molecule has 0 unspecified atom stereocenters. The lowest BCUT2D eigenvalue weighted by Gasteiger charge is -1.98. The number of hydrogen-bond acceptors (Lipinski definition) is 4. The van der Waals surface area contributed by atoms with Gasteiger partial charge >= 0.3 is 5.97 Å². The van der Waals surface area contributed by atoms with E-state index in [0.717, 1.165) is 25.1 Å². The van der Waals surface area contributed by atoms with Crippen molar-refractivity contribution in [2.45, 2.75) is 25.7 Å². The highest BCUT2D eigenvalue weighted by Crippen LogP contribution is 2.09. The van der Waals surface area contributed by atoms with Crippen LogP contribution in [-0.4, -0.2) is 25.4 Å². The van der Waals surface area contributed by atoms with E-state index in [4.69, 9.17) is 0 Å². The zero-order chi connectivity index (χ0) is 10.4. The van der Waals surface area contributed by atoms with Crippen LogP contribution in [-0.2, 0) is 14.3 Å². The first-order chi connectivity index (χ1) is 6.72. The predicted molar refractivity (Wildman–Crippen MR) is 51.6 cm³/mol. The fourth-order valence-corrected chi connectivity index (χ4v) is 1.33. The maximum Gasteiger partial charge on any atom is 0.305 e. The van der Waals surface area contributed by atoms with E-state index in [1.54, 1.807) is 6.08 Å². The minimum Gasteiger partial charge on any atom is -0.469 e. The zero-order valence-electron chi connectivity index (χ0n) is 8.34. The second-order valence-corrected chi connectivity index (χ2v) is 3.24. The molecule has 1 aliphatic heterocycles. The Bertz CT molecular complexity index is 250. The van der Waals surface area contributed by atoms with Crippen molar-refractivity contribution >= 4 is 11.8 Å². The fraction of sp³-hybridized carbons (Fsp3) is 0.600. The maximum absolute atomic E-state index is 11.3. The third kappa shape index (κ3) is 3.60. The average Bonchev–Trinajstić information content (AvgIpc) is 2.66. The minimum atomic E-state index is -0.337. The van der Waals surface area contributed by atoms with Gasteiger partial charge in [0.1, 0.15) is 0 Å². The van der Waals surface area contributed by atoms with Gasteiger partial charge in [-0.3, -0.25) is 9.59 Å². The summed E-state index contributed by atoms with van der Waals surface area (Å²) in [6.07, 6.45) is 4.01. The maximum atomic E-state index is 11.3. The van der Waals surface area contributed by atoms with Gasteiger partial charge in [0.15, 0.2) is 5.78 Å². The molecule has 4 nitrogen and oxygen atoms in total. The van der Waals surface area contributed by atoms with Crippen LogP contribution in [0.2, 0.25) is 0 Å². The van der Waals surface area contributed by atoms with Crippen molar-refractivity contribution in [1.29, 1.82) is 0 Å². The number of rotatable bonds is 4. The van der Waals surface area contributed by atoms with Gasteiger partial charge in [0.25, 0.3) is 0 Å². The van der Waals surface area contributed by atoms with Crippen LogP contribution in [0.4, 0.5) is 0 Å². The van der Waals surface area contributed by atoms with Crippen molar-refractivity contribution in [2.75, 3.05) is 13.7 Å². The Morgan fingerprint density at radius 1 is 1.50 bits per heavy atom. The normalized spacial score (nSPS) is 17.9. The van der Waals surface area contributed by atoms with E-state index in [9.17, 15) is 9.59 Å². The summed E-state index contributed by atoms with van der Waals surface area (Å²) in [5.74, 6) is -0.351. The number of carbonyl (C=O) groups excluding carboxylic acids is 2. The first-order valence-corrected chi connectivity index (χ1v) is 4.76. The standard InChI is InChI=1S/C10H15NO3/c1-14-10(13)5-4-9(12)7-8-3-2-6-11-8/h7,11H,2-6H2,1H3/b8-7+. The van der Waals surface area contributed by atoms with E-state index in [2.05, 4.69) is 10.1 Å². The Labute approximate surface area is 83.3 Å². The molecular weight excluding hydrogens is 182 g/mol. The molecule has 0 spiro atoms. The van der Waals surface area contributed by atoms with E-state index >= 15 is 0 Å². The van der Waals surface area contributed by atoms with Gasteiger partial charge in [0.05, 0.1) is 13.5 Å². The lowest BCUT2D eigenvalue weighted by Crippen LogP contribution is -2.08. The average molecular weight is 197 g/mol. The Morgan fingerprint density at radius 3 is 2.86 bits per heavy atom. The number of nitrogens with one attached hydrogen (secondary N) is 1. The van der Waals surface area contributed by atoms with Crippen LogP contribution in [0.5, 0.6) is 0 Å². The summed E-state index contributed by atoms with van der Waals surface area (Å²) in [5, 5.41) is 3.11. The van der Waals surface area contributed by atoms with Gasteiger partial charge in [0.2, 0.25) is 0 Å². The fourth-order valence-electron chi connectivity index (χ4n) is 1.33. The molecule has 78 valence electrons. The molecule has 0 aromatic carbocycles. The van der Waals surface area contributed by atoms with Gasteiger partial charge in [-0.25, -0.2) is 0 Å². The van der Waals surface area contributed by atoms with Crippen LogP contribution < -0.4 is 5.32 Å². The highest BCUT2D eigenvalue weighted by atomic mass is 16.5. The lowest BCUT2D eigenvalue weighted by molar-refractivity contribution is -0.141. The largest absolute Gasteiger partial charge is 0.469 e. The van der Waals surface area contributed by atoms with E-state index in [1.165, 1.54) is 7.11 Å². The monoisotopic (exact) mass is 197 g/mol. The molecule has 1 saturated heterocycles. The Balaban J connectivity index is 2.28. The van der Waals surface area contributed by atoms with Gasteiger partial charge in [-0.05, 0) is 12.8 Å². The molecule has 4 heteroatoms. The summed E-state index contributed by atoms with van der Waals surface area (Å²) in [6.45, 7) is 0.941. The molecule has 0 bridgehead atoms. The second-order valence-electron chi connectivity index (χ2n) is 3.24. The molecule has 14 heavy (non-hydrogen) atoms. The third-order valence-electron chi connectivity index (χ3n) is 2.11. The number of esters is 1. The summed E-state index contributed by atoms with van der Waals surface area (Å²) in [7, 11) is 1.32. The molecule has 0 aliphatic carbocycles. The van der Waals surface area contributed by atoms with Gasteiger partial charge in [-0.2, -0.15) is 0 Å². The van der Waals surface area contributed by atoms with E-state index < -0.39 is 0 Å². The van der Waals surface area contributed by atoms with Crippen molar-refractivity contribution in [1.82, 2.24) is 5.32 Å². The summed E-state index contributed by atoms with van der Waals surface area (Å²) in [4.78, 5) is 22.0. The van der Waals surface area contributed by atoms with Gasteiger partial charge in [-0.1, -0.05) is 0 Å². The molecule has 0 radical (unpaired) electrons. The van der Waals surface area contributed by atoms with Crippen LogP contribution in [0.25, 0.3) is 0 Å². The van der Waals surface area contributed by atoms with Crippen LogP contribution in [0.15, 0.2) is 11.8 Å². The molecule has 1 heterocycles. The van der Waals surface area contributed by atoms with E-state index in [1.807, 2.05) is 0 Å². The Morgan fingerprint density at radius 2 is 2.29 bits per heavy atom. The van der Waals surface area contributed by atoms with E-state index in [-0.39, 0.29) is 24.6 Å². The highest BCUT2D eigenvalue weighted by Gasteiger charge is 2.09. The topological polar surface area (TPSA) is 55.4 Å². The van der Waals surface area contributed by atoms with Crippen molar-refractivity contribution < 1.29 is 14.3 Å². The molecule has 1 aliphatic rings. The minimum absolute atomic E-state index is 0.0141. The van der Waals surface area contributed by atoms with Crippen LogP contribution in [0.3, 0.4) is 0 Å². The van der Waals surface area contributed by atoms with Crippen LogP contribution in [0, 0.1) is 0 Å². The van der Waals surface area contributed by atoms with Crippen molar-refractivity contribution in [3.8, 4) is 0 Å². The van der Waals surface area contributed by atoms with E-state index in [0.29, 0.717) is 0 Å². The summed E-state index contributed by atoms with van der Waals surface area (Å²) >= 11 is 0. The molecule has 0 aromatic heterocycles. The number of ketones is 1. The molecule has 0 atom stereocenters. The zero-order valence-corrected chi connectivity index (χ0v) is 8.34. The van der Waals surface area contributed by atoms with Crippen molar-refractivity contribution in [3.05, 3.63) is 11.8 Å². The quantitative estimate of drug-likeness (QED) is 0.534. The molecular formula is C10H15NO3. The van der Waals surface area contributed by atoms with Crippen molar-refractivity contribution in [2.24, 2.45) is 0 Å². The highest BCUT2D eigenvalue weighted by molar-refractivity contribution is 5.92. The molecule has 1 N–H and O–H groups in total. The predicted octanol–water partition coefficient (Wildman–Crippen LogP) is 0.776. The van der Waals surface area contributed by atoms with Crippen LogP contribution >= 0.6 is 0 Å². The number of ether oxygens (including phenoxy) is 1. The number of methoxy groups -OCH3 is 1. The second kappa shape index (κ2) is 5.42. The summed E-state index contributed by atoms with van der Waals surface area (Å²) < 4.78 is 4.44. The smallest absolute Gasteiger partial charge is 0.305 e. The summed E-state index contributed by atoms with van der Waals surface area (Å²) in [6, 6.07) is 0.